The van der Waals surface area contributed by atoms with Gasteiger partial charge in [-0.3, -0.25) is 0 Å². The van der Waals surface area contributed by atoms with Gasteiger partial charge in [0.05, 0.1) is 0 Å². The summed E-state index contributed by atoms with van der Waals surface area (Å²) < 4.78 is 43.4. The van der Waals surface area contributed by atoms with Gasteiger partial charge in [-0.25, -0.2) is 0 Å². The number of rotatable bonds is 0. The minimum atomic E-state index is -2.69. The van der Waals surface area contributed by atoms with Gasteiger partial charge in [0, 0.05) is 21.2 Å². The summed E-state index contributed by atoms with van der Waals surface area (Å²) >= 11 is 4.54. The summed E-state index contributed by atoms with van der Waals surface area (Å²) in [4.78, 5) is 0. The molecule has 0 amide bonds. The van der Waals surface area contributed by atoms with Crippen molar-refractivity contribution < 1.29 is 8.22 Å². The fraction of sp³-hybridized carbons (Fsp3) is 0.750. The highest BCUT2D eigenvalue weighted by Crippen LogP contribution is 1.80. The summed E-state index contributed by atoms with van der Waals surface area (Å²) in [6, 6.07) is 0. The lowest BCUT2D eigenvalue weighted by atomic mass is 10.4. The summed E-state index contributed by atoms with van der Waals surface area (Å²) in [6.45, 7) is -5.03. The van der Waals surface area contributed by atoms with E-state index in [2.05, 4.69) is 12.2 Å². The third-order valence-corrected chi connectivity index (χ3v) is 0.681. The van der Waals surface area contributed by atoms with Crippen LogP contribution in [0.1, 0.15) is 14.6 Å². The second-order valence-corrected chi connectivity index (χ2v) is 1.36. The van der Waals surface area contributed by atoms with Gasteiger partial charge in [-0.1, -0.05) is 0 Å². The van der Waals surface area contributed by atoms with Gasteiger partial charge in [0.25, 0.3) is 0 Å². The average molecular weight is 122 g/mol. The Bertz CT molecular complexity index is 229. The van der Waals surface area contributed by atoms with E-state index in [-0.39, 0.29) is 5.11 Å². The summed E-state index contributed by atoms with van der Waals surface area (Å²) in [5.41, 5.74) is 0. The maximum Gasteiger partial charge on any atom is 0.166 e. The van der Waals surface area contributed by atoms with Crippen molar-refractivity contribution in [1.82, 2.24) is 10.6 Å². The van der Waals surface area contributed by atoms with Crippen LogP contribution in [0.25, 0.3) is 0 Å². The van der Waals surface area contributed by atoms with Gasteiger partial charge in [0.2, 0.25) is 0 Å². The van der Waals surface area contributed by atoms with Crippen molar-refractivity contribution in [3.8, 4) is 0 Å². The van der Waals surface area contributed by atoms with Crippen LogP contribution in [0.5, 0.6) is 0 Å². The molecule has 0 aromatic heterocycles. The van der Waals surface area contributed by atoms with Crippen LogP contribution in [-0.4, -0.2) is 18.1 Å². The number of hydrogen-bond donors (Lipinski definition) is 2. The zero-order chi connectivity index (χ0) is 10.5. The zero-order valence-electron chi connectivity index (χ0n) is 9.41. The quantitative estimate of drug-likeness (QED) is 0.437. The average Bonchev–Trinajstić information content (AvgIpc) is 1.80. The molecule has 1 aliphatic rings. The van der Waals surface area contributed by atoms with Crippen LogP contribution >= 0.6 is 12.2 Å². The standard InChI is InChI=1S/C4H8N2S/c7-4-5-2-1-3-6-4/h1-3H2,(H2,5,6,7)/i1D2,2D2,3D2. The first kappa shape index (κ1) is 1.35. The first-order chi connectivity index (χ1) is 5.60. The Morgan fingerprint density at radius 2 is 2.14 bits per heavy atom. The van der Waals surface area contributed by atoms with Crippen molar-refractivity contribution in [2.75, 3.05) is 13.0 Å². The van der Waals surface area contributed by atoms with Crippen molar-refractivity contribution in [3.05, 3.63) is 0 Å². The minimum absolute atomic E-state index is 0.231. The molecule has 0 unspecified atom stereocenters. The molecule has 40 valence electrons. The van der Waals surface area contributed by atoms with Gasteiger partial charge in [-0.05, 0) is 18.6 Å². The second kappa shape index (κ2) is 2.12. The van der Waals surface area contributed by atoms with E-state index in [1.807, 2.05) is 10.6 Å². The molecule has 0 aliphatic carbocycles. The van der Waals surface area contributed by atoms with Gasteiger partial charge in [0.15, 0.2) is 5.11 Å². The Balaban J connectivity index is 3.10. The lowest BCUT2D eigenvalue weighted by molar-refractivity contribution is 0.680. The molecule has 0 spiro atoms. The van der Waals surface area contributed by atoms with Gasteiger partial charge >= 0.3 is 0 Å². The van der Waals surface area contributed by atoms with E-state index in [0.29, 0.717) is 0 Å². The summed E-state index contributed by atoms with van der Waals surface area (Å²) in [5, 5.41) is 3.85. The highest BCUT2D eigenvalue weighted by Gasteiger charge is 1.98. The second-order valence-electron chi connectivity index (χ2n) is 0.954. The third-order valence-electron chi connectivity index (χ3n) is 0.477. The number of hydrogen-bond acceptors (Lipinski definition) is 1. The molecular weight excluding hydrogens is 108 g/mol. The Kier molecular flexibility index (Phi) is 0.407. The predicted octanol–water partition coefficient (Wildman–Crippen LogP) is -0.146. The molecule has 3 heteroatoms. The van der Waals surface area contributed by atoms with E-state index >= 15 is 0 Å². The van der Waals surface area contributed by atoms with E-state index in [0.717, 1.165) is 0 Å². The molecule has 0 aromatic carbocycles. The molecule has 1 aliphatic heterocycles. The summed E-state index contributed by atoms with van der Waals surface area (Å²) in [6.07, 6.45) is -2.69. The van der Waals surface area contributed by atoms with Crippen LogP contribution in [0, 0.1) is 0 Å². The van der Waals surface area contributed by atoms with Crippen LogP contribution in [0.15, 0.2) is 0 Å². The molecule has 0 bridgehead atoms. The van der Waals surface area contributed by atoms with E-state index in [1.54, 1.807) is 0 Å². The predicted molar refractivity (Wildman–Crippen MR) is 33.2 cm³/mol. The maximum atomic E-state index is 7.25. The smallest absolute Gasteiger partial charge is 0.166 e. The summed E-state index contributed by atoms with van der Waals surface area (Å²) in [7, 11) is 0. The first-order valence-corrected chi connectivity index (χ1v) is 2.11. The van der Waals surface area contributed by atoms with Crippen LogP contribution in [-0.2, 0) is 0 Å². The Hall–Kier alpha value is -0.310. The molecule has 1 saturated heterocycles. The third kappa shape index (κ3) is 1.31. The molecule has 2 N–H and O–H groups in total. The maximum absolute atomic E-state index is 7.25. The van der Waals surface area contributed by atoms with Gasteiger partial charge in [-0.2, -0.15) is 0 Å². The van der Waals surface area contributed by atoms with Gasteiger partial charge in [0.1, 0.15) is 0 Å². The van der Waals surface area contributed by atoms with Crippen molar-refractivity contribution >= 4 is 17.3 Å². The highest BCUT2D eigenvalue weighted by molar-refractivity contribution is 7.80. The van der Waals surface area contributed by atoms with E-state index < -0.39 is 19.4 Å². The van der Waals surface area contributed by atoms with E-state index in [9.17, 15) is 0 Å². The molecule has 0 radical (unpaired) electrons. The monoisotopic (exact) mass is 122 g/mol. The molecule has 1 fully saturated rings. The highest BCUT2D eigenvalue weighted by atomic mass is 32.1. The lowest BCUT2D eigenvalue weighted by Crippen LogP contribution is -2.42. The van der Waals surface area contributed by atoms with Gasteiger partial charge in [-0.15, -0.1) is 0 Å². The van der Waals surface area contributed by atoms with Crippen LogP contribution in [0.2, 0.25) is 0 Å². The van der Waals surface area contributed by atoms with Gasteiger partial charge < -0.3 is 10.6 Å². The fourth-order valence-electron chi connectivity index (χ4n) is 0.239. The molecule has 1 heterocycles. The van der Waals surface area contributed by atoms with Crippen molar-refractivity contribution in [3.63, 3.8) is 0 Å². The van der Waals surface area contributed by atoms with Crippen LogP contribution in [0.4, 0.5) is 0 Å². The lowest BCUT2D eigenvalue weighted by Gasteiger charge is -2.14. The topological polar surface area (TPSA) is 24.1 Å². The normalized spacial score (nSPS) is 54.6. The van der Waals surface area contributed by atoms with E-state index in [1.165, 1.54) is 0 Å². The fourth-order valence-corrected chi connectivity index (χ4v) is 0.341. The number of thiocarbonyl (C=S) groups is 1. The number of nitrogens with one attached hydrogen (secondary N) is 2. The minimum Gasteiger partial charge on any atom is -0.363 e. The first-order valence-electron chi connectivity index (χ1n) is 4.70. The van der Waals surface area contributed by atoms with E-state index in [4.69, 9.17) is 8.22 Å². The van der Waals surface area contributed by atoms with Crippen LogP contribution < -0.4 is 10.6 Å². The summed E-state index contributed by atoms with van der Waals surface area (Å²) in [5.74, 6) is 0. The molecule has 0 saturated carbocycles. The van der Waals surface area contributed by atoms with Crippen molar-refractivity contribution in [1.29, 1.82) is 0 Å². The molecule has 0 atom stereocenters. The molecular formula is C4H8N2S. The molecule has 2 nitrogen and oxygen atoms in total. The van der Waals surface area contributed by atoms with Crippen LogP contribution in [0.3, 0.4) is 0 Å². The Morgan fingerprint density at radius 3 is 2.71 bits per heavy atom. The molecule has 0 aromatic rings. The molecule has 7 heavy (non-hydrogen) atoms. The molecule has 1 rings (SSSR count). The SMILES string of the molecule is [2H]C1([2H])NC(=S)NC([2H])([2H])C1([2H])[2H]. The largest absolute Gasteiger partial charge is 0.363 e. The Labute approximate surface area is 56.7 Å². The van der Waals surface area contributed by atoms with Crippen molar-refractivity contribution in [2.45, 2.75) is 6.37 Å². The Morgan fingerprint density at radius 1 is 1.57 bits per heavy atom. The van der Waals surface area contributed by atoms with Crippen molar-refractivity contribution in [2.24, 2.45) is 0 Å². The zero-order valence-corrected chi connectivity index (χ0v) is 4.22.